The highest BCUT2D eigenvalue weighted by Crippen LogP contribution is 2.51. The standard InChI is InChI=1S/C12H25N3/c1-5-15(6-2)11(13)14-9-12(7-8-12)10(3)4/h10H,5-9H2,1-4H3,(H2,13,14). The number of hydrogen-bond donors (Lipinski definition) is 1. The van der Waals surface area contributed by atoms with Crippen LogP contribution in [-0.2, 0) is 0 Å². The van der Waals surface area contributed by atoms with E-state index in [1.165, 1.54) is 12.8 Å². The maximum atomic E-state index is 5.95. The van der Waals surface area contributed by atoms with Crippen molar-refractivity contribution in [1.29, 1.82) is 0 Å². The van der Waals surface area contributed by atoms with Gasteiger partial charge in [0, 0.05) is 19.6 Å². The van der Waals surface area contributed by atoms with Crippen LogP contribution in [0.2, 0.25) is 0 Å². The van der Waals surface area contributed by atoms with Crippen molar-refractivity contribution in [3.8, 4) is 0 Å². The van der Waals surface area contributed by atoms with Gasteiger partial charge in [0.05, 0.1) is 0 Å². The third-order valence-corrected chi connectivity index (χ3v) is 3.76. The Labute approximate surface area is 93.7 Å². The van der Waals surface area contributed by atoms with Gasteiger partial charge in [-0.15, -0.1) is 0 Å². The summed E-state index contributed by atoms with van der Waals surface area (Å²) in [6, 6.07) is 0. The molecule has 0 aromatic heterocycles. The minimum atomic E-state index is 0.470. The van der Waals surface area contributed by atoms with Gasteiger partial charge in [0.15, 0.2) is 5.96 Å². The van der Waals surface area contributed by atoms with Gasteiger partial charge < -0.3 is 10.6 Å². The van der Waals surface area contributed by atoms with E-state index in [4.69, 9.17) is 5.73 Å². The molecule has 0 saturated heterocycles. The van der Waals surface area contributed by atoms with Crippen molar-refractivity contribution in [2.45, 2.75) is 40.5 Å². The van der Waals surface area contributed by atoms with Crippen LogP contribution in [0.3, 0.4) is 0 Å². The molecule has 0 amide bonds. The summed E-state index contributed by atoms with van der Waals surface area (Å²) in [5.41, 5.74) is 6.42. The normalized spacial score (nSPS) is 19.4. The summed E-state index contributed by atoms with van der Waals surface area (Å²) >= 11 is 0. The molecule has 0 heterocycles. The minimum absolute atomic E-state index is 0.470. The van der Waals surface area contributed by atoms with Gasteiger partial charge in [-0.3, -0.25) is 4.99 Å². The first-order valence-electron chi connectivity index (χ1n) is 6.10. The molecule has 0 unspecified atom stereocenters. The fourth-order valence-electron chi connectivity index (χ4n) is 1.96. The van der Waals surface area contributed by atoms with E-state index in [9.17, 15) is 0 Å². The Morgan fingerprint density at radius 1 is 1.33 bits per heavy atom. The van der Waals surface area contributed by atoms with Gasteiger partial charge in [0.25, 0.3) is 0 Å². The molecule has 0 aliphatic heterocycles. The molecule has 0 aromatic rings. The Kier molecular flexibility index (Phi) is 4.00. The first-order valence-corrected chi connectivity index (χ1v) is 6.10. The van der Waals surface area contributed by atoms with Crippen LogP contribution in [-0.4, -0.2) is 30.5 Å². The molecule has 1 saturated carbocycles. The van der Waals surface area contributed by atoms with Gasteiger partial charge in [-0.1, -0.05) is 13.8 Å². The van der Waals surface area contributed by atoms with Crippen LogP contribution in [0.4, 0.5) is 0 Å². The number of nitrogens with two attached hydrogens (primary N) is 1. The van der Waals surface area contributed by atoms with Gasteiger partial charge in [-0.2, -0.15) is 0 Å². The summed E-state index contributed by atoms with van der Waals surface area (Å²) in [5, 5.41) is 0. The van der Waals surface area contributed by atoms with E-state index in [1.54, 1.807) is 0 Å². The highest BCUT2D eigenvalue weighted by Gasteiger charge is 2.45. The van der Waals surface area contributed by atoms with Crippen molar-refractivity contribution in [2.75, 3.05) is 19.6 Å². The van der Waals surface area contributed by atoms with Crippen molar-refractivity contribution >= 4 is 5.96 Å². The van der Waals surface area contributed by atoms with E-state index >= 15 is 0 Å². The molecule has 88 valence electrons. The lowest BCUT2D eigenvalue weighted by molar-refractivity contribution is 0.366. The molecule has 3 nitrogen and oxygen atoms in total. The van der Waals surface area contributed by atoms with Crippen molar-refractivity contribution in [3.05, 3.63) is 0 Å². The van der Waals surface area contributed by atoms with Gasteiger partial charge >= 0.3 is 0 Å². The molecule has 1 fully saturated rings. The molecular weight excluding hydrogens is 186 g/mol. The summed E-state index contributed by atoms with van der Waals surface area (Å²) in [7, 11) is 0. The molecule has 0 spiro atoms. The highest BCUT2D eigenvalue weighted by atomic mass is 15.2. The van der Waals surface area contributed by atoms with Crippen LogP contribution in [0.15, 0.2) is 4.99 Å². The molecule has 1 aliphatic carbocycles. The number of aliphatic imine (C=N–C) groups is 1. The molecule has 3 heteroatoms. The average molecular weight is 211 g/mol. The van der Waals surface area contributed by atoms with Crippen LogP contribution in [0, 0.1) is 11.3 Å². The highest BCUT2D eigenvalue weighted by molar-refractivity contribution is 5.78. The molecule has 2 N–H and O–H groups in total. The Morgan fingerprint density at radius 3 is 2.20 bits per heavy atom. The predicted octanol–water partition coefficient (Wildman–Crippen LogP) is 2.08. The van der Waals surface area contributed by atoms with Gasteiger partial charge in [-0.25, -0.2) is 0 Å². The monoisotopic (exact) mass is 211 g/mol. The second kappa shape index (κ2) is 4.86. The Balaban J connectivity index is 2.50. The summed E-state index contributed by atoms with van der Waals surface area (Å²) < 4.78 is 0. The summed E-state index contributed by atoms with van der Waals surface area (Å²) in [6.45, 7) is 11.6. The molecule has 0 aromatic carbocycles. The lowest BCUT2D eigenvalue weighted by atomic mass is 9.93. The average Bonchev–Trinajstić information content (AvgIpc) is 2.97. The molecule has 0 atom stereocenters. The molecule has 1 aliphatic rings. The minimum Gasteiger partial charge on any atom is -0.370 e. The lowest BCUT2D eigenvalue weighted by Gasteiger charge is -2.22. The molecule has 0 bridgehead atoms. The fraction of sp³-hybridized carbons (Fsp3) is 0.917. The van der Waals surface area contributed by atoms with E-state index in [-0.39, 0.29) is 0 Å². The Morgan fingerprint density at radius 2 is 1.87 bits per heavy atom. The van der Waals surface area contributed by atoms with Crippen LogP contribution < -0.4 is 5.73 Å². The fourth-order valence-corrected chi connectivity index (χ4v) is 1.96. The van der Waals surface area contributed by atoms with E-state index in [1.807, 2.05) is 0 Å². The lowest BCUT2D eigenvalue weighted by Crippen LogP contribution is -2.37. The number of hydrogen-bond acceptors (Lipinski definition) is 1. The first kappa shape index (κ1) is 12.3. The van der Waals surface area contributed by atoms with Crippen molar-refractivity contribution in [1.82, 2.24) is 4.90 Å². The number of nitrogens with zero attached hydrogens (tertiary/aromatic N) is 2. The Bertz CT molecular complexity index is 225. The molecule has 1 rings (SSSR count). The maximum absolute atomic E-state index is 5.95. The van der Waals surface area contributed by atoms with Crippen LogP contribution in [0.5, 0.6) is 0 Å². The van der Waals surface area contributed by atoms with E-state index in [0.29, 0.717) is 11.4 Å². The van der Waals surface area contributed by atoms with Crippen molar-refractivity contribution < 1.29 is 0 Å². The zero-order chi connectivity index (χ0) is 11.5. The maximum Gasteiger partial charge on any atom is 0.191 e. The molecule has 0 radical (unpaired) electrons. The van der Waals surface area contributed by atoms with E-state index < -0.39 is 0 Å². The van der Waals surface area contributed by atoms with Gasteiger partial charge in [0.2, 0.25) is 0 Å². The molecule has 15 heavy (non-hydrogen) atoms. The number of guanidine groups is 1. The van der Waals surface area contributed by atoms with Crippen LogP contribution in [0.1, 0.15) is 40.5 Å². The van der Waals surface area contributed by atoms with Crippen LogP contribution >= 0.6 is 0 Å². The van der Waals surface area contributed by atoms with Gasteiger partial charge in [-0.05, 0) is 38.0 Å². The first-order chi connectivity index (χ1) is 7.05. The smallest absolute Gasteiger partial charge is 0.191 e. The largest absolute Gasteiger partial charge is 0.370 e. The second-order valence-corrected chi connectivity index (χ2v) is 4.86. The SMILES string of the molecule is CCN(CC)C(N)=NCC1(C(C)C)CC1. The summed E-state index contributed by atoms with van der Waals surface area (Å²) in [5.74, 6) is 1.44. The summed E-state index contributed by atoms with van der Waals surface area (Å²) in [4.78, 5) is 6.65. The zero-order valence-electron chi connectivity index (χ0n) is 10.6. The van der Waals surface area contributed by atoms with Crippen LogP contribution in [0.25, 0.3) is 0 Å². The third kappa shape index (κ3) is 2.86. The summed E-state index contributed by atoms with van der Waals surface area (Å²) in [6.07, 6.45) is 2.64. The van der Waals surface area contributed by atoms with Crippen molar-refractivity contribution in [3.63, 3.8) is 0 Å². The number of rotatable bonds is 5. The topological polar surface area (TPSA) is 41.6 Å². The zero-order valence-corrected chi connectivity index (χ0v) is 10.6. The Hall–Kier alpha value is -0.730. The third-order valence-electron chi connectivity index (χ3n) is 3.76. The second-order valence-electron chi connectivity index (χ2n) is 4.86. The van der Waals surface area contributed by atoms with E-state index in [2.05, 4.69) is 37.6 Å². The predicted molar refractivity (Wildman–Crippen MR) is 65.9 cm³/mol. The van der Waals surface area contributed by atoms with Crippen molar-refractivity contribution in [2.24, 2.45) is 22.1 Å². The molecular formula is C12H25N3. The quantitative estimate of drug-likeness (QED) is 0.559. The van der Waals surface area contributed by atoms with Gasteiger partial charge in [0.1, 0.15) is 0 Å². The van der Waals surface area contributed by atoms with E-state index in [0.717, 1.165) is 25.6 Å².